The summed E-state index contributed by atoms with van der Waals surface area (Å²) in [4.78, 5) is 11.4. The number of rotatable bonds is 9. The smallest absolute Gasteiger partial charge is 0.275 e. The minimum Gasteiger partial charge on any atom is -0.387 e. The van der Waals surface area contributed by atoms with Gasteiger partial charge in [-0.1, -0.05) is 39.0 Å². The Morgan fingerprint density at radius 1 is 1.05 bits per heavy atom. The van der Waals surface area contributed by atoms with Crippen LogP contribution in [0.15, 0.2) is 0 Å². The number of hydrogen-bond acceptors (Lipinski definition) is 7. The summed E-state index contributed by atoms with van der Waals surface area (Å²) in [6.07, 6.45) is -1.03. The molecule has 0 bridgehead atoms. The van der Waals surface area contributed by atoms with Crippen molar-refractivity contribution in [3.05, 3.63) is 0 Å². The van der Waals surface area contributed by atoms with E-state index in [9.17, 15) is 20.1 Å². The zero-order chi connectivity index (χ0) is 16.5. The lowest BCUT2D eigenvalue weighted by molar-refractivity contribution is -0.291. The number of hydroxylamine groups is 1. The fourth-order valence-corrected chi connectivity index (χ4v) is 2.35. The highest BCUT2D eigenvalue weighted by atomic mass is 16.7. The molecule has 1 aliphatic rings. The molecule has 22 heavy (non-hydrogen) atoms. The van der Waals surface area contributed by atoms with Crippen molar-refractivity contribution >= 4 is 5.91 Å². The molecule has 5 N–H and O–H groups in total. The molecule has 1 rings (SSSR count). The topological polar surface area (TPSA) is 128 Å². The van der Waals surface area contributed by atoms with Crippen molar-refractivity contribution in [1.29, 1.82) is 0 Å². The van der Waals surface area contributed by atoms with Crippen LogP contribution in [0.25, 0.3) is 0 Å². The van der Waals surface area contributed by atoms with Crippen LogP contribution in [0.2, 0.25) is 0 Å². The maximum Gasteiger partial charge on any atom is 0.275 e. The van der Waals surface area contributed by atoms with Crippen molar-refractivity contribution in [3.8, 4) is 0 Å². The molecule has 8 nitrogen and oxygen atoms in total. The molecule has 5 atom stereocenters. The monoisotopic (exact) mass is 321 g/mol. The largest absolute Gasteiger partial charge is 0.387 e. The second-order valence-electron chi connectivity index (χ2n) is 5.51. The van der Waals surface area contributed by atoms with Crippen LogP contribution in [0.4, 0.5) is 0 Å². The Morgan fingerprint density at radius 3 is 2.32 bits per heavy atom. The summed E-state index contributed by atoms with van der Waals surface area (Å²) in [6.45, 7) is 2.45. The van der Waals surface area contributed by atoms with E-state index in [0.717, 1.165) is 19.3 Å². The summed E-state index contributed by atoms with van der Waals surface area (Å²) in [5.74, 6) is -1.01. The van der Waals surface area contributed by atoms with Gasteiger partial charge in [0.2, 0.25) is 0 Å². The Balaban J connectivity index is 2.36. The van der Waals surface area contributed by atoms with Gasteiger partial charge < -0.3 is 24.8 Å². The fourth-order valence-electron chi connectivity index (χ4n) is 2.35. The van der Waals surface area contributed by atoms with E-state index in [4.69, 9.17) is 14.7 Å². The van der Waals surface area contributed by atoms with Gasteiger partial charge in [0.05, 0.1) is 0 Å². The molecule has 0 aromatic heterocycles. The normalized spacial score (nSPS) is 32.0. The molecule has 0 aliphatic carbocycles. The van der Waals surface area contributed by atoms with Crippen LogP contribution in [-0.2, 0) is 14.3 Å². The van der Waals surface area contributed by atoms with Gasteiger partial charge in [0.15, 0.2) is 12.4 Å². The highest BCUT2D eigenvalue weighted by molar-refractivity contribution is 5.80. The van der Waals surface area contributed by atoms with Gasteiger partial charge in [0.1, 0.15) is 18.3 Å². The maximum atomic E-state index is 11.4. The molecule has 0 radical (unpaired) electrons. The van der Waals surface area contributed by atoms with Crippen LogP contribution in [0.3, 0.4) is 0 Å². The van der Waals surface area contributed by atoms with Crippen molar-refractivity contribution in [2.45, 2.75) is 76.2 Å². The van der Waals surface area contributed by atoms with Gasteiger partial charge in [-0.2, -0.15) is 0 Å². The zero-order valence-electron chi connectivity index (χ0n) is 12.9. The van der Waals surface area contributed by atoms with Gasteiger partial charge in [-0.3, -0.25) is 10.0 Å². The van der Waals surface area contributed by atoms with E-state index in [1.54, 1.807) is 0 Å². The number of hydrogen-bond donors (Lipinski definition) is 5. The average Bonchev–Trinajstić information content (AvgIpc) is 2.53. The van der Waals surface area contributed by atoms with Crippen LogP contribution in [-0.4, -0.2) is 63.7 Å². The van der Waals surface area contributed by atoms with Gasteiger partial charge in [-0.05, 0) is 6.42 Å². The number of ether oxygens (including phenoxy) is 2. The molecule has 0 spiro atoms. The number of unbranched alkanes of at least 4 members (excludes halogenated alkanes) is 5. The summed E-state index contributed by atoms with van der Waals surface area (Å²) in [6, 6.07) is 0. The van der Waals surface area contributed by atoms with Crippen LogP contribution in [0.1, 0.15) is 45.4 Å². The lowest BCUT2D eigenvalue weighted by Gasteiger charge is -2.39. The maximum absolute atomic E-state index is 11.4. The molecule has 1 amide bonds. The second kappa shape index (κ2) is 10.1. The predicted octanol–water partition coefficient (Wildman–Crippen LogP) is -0.323. The highest BCUT2D eigenvalue weighted by Crippen LogP contribution is 2.22. The first-order chi connectivity index (χ1) is 10.5. The zero-order valence-corrected chi connectivity index (χ0v) is 12.9. The van der Waals surface area contributed by atoms with Crippen molar-refractivity contribution in [2.75, 3.05) is 6.61 Å². The lowest BCUT2D eigenvalue weighted by atomic mass is 9.98. The summed E-state index contributed by atoms with van der Waals surface area (Å²) in [5, 5.41) is 37.7. The Hall–Kier alpha value is -0.770. The van der Waals surface area contributed by atoms with E-state index in [1.165, 1.54) is 24.7 Å². The number of amides is 1. The minimum atomic E-state index is -1.64. The molecule has 0 saturated carbocycles. The molecule has 8 heteroatoms. The van der Waals surface area contributed by atoms with Crippen molar-refractivity contribution in [1.82, 2.24) is 5.48 Å². The molecule has 0 aromatic carbocycles. The van der Waals surface area contributed by atoms with E-state index in [-0.39, 0.29) is 0 Å². The molecule has 1 fully saturated rings. The molecule has 0 unspecified atom stereocenters. The van der Waals surface area contributed by atoms with Crippen LogP contribution in [0, 0.1) is 0 Å². The van der Waals surface area contributed by atoms with Crippen LogP contribution < -0.4 is 5.48 Å². The Kier molecular flexibility index (Phi) is 8.84. The van der Waals surface area contributed by atoms with Gasteiger partial charge in [0.25, 0.3) is 5.91 Å². The van der Waals surface area contributed by atoms with Crippen molar-refractivity contribution in [3.63, 3.8) is 0 Å². The van der Waals surface area contributed by atoms with E-state index in [1.807, 2.05) is 0 Å². The number of carbonyl (C=O) groups excluding carboxylic acids is 1. The molecule has 1 aliphatic heterocycles. The predicted molar refractivity (Wildman–Crippen MR) is 75.9 cm³/mol. The average molecular weight is 321 g/mol. The highest BCUT2D eigenvalue weighted by Gasteiger charge is 2.47. The van der Waals surface area contributed by atoms with Crippen LogP contribution in [0.5, 0.6) is 0 Å². The van der Waals surface area contributed by atoms with Crippen molar-refractivity contribution in [2.24, 2.45) is 0 Å². The Morgan fingerprint density at radius 2 is 1.68 bits per heavy atom. The molecule has 130 valence electrons. The Labute approximate surface area is 130 Å². The first-order valence-corrected chi connectivity index (χ1v) is 7.78. The number of nitrogens with one attached hydrogen (secondary N) is 1. The third-order valence-electron chi connectivity index (χ3n) is 3.72. The lowest BCUT2D eigenvalue weighted by Crippen LogP contribution is -2.61. The third kappa shape index (κ3) is 5.45. The standard InChI is InChI=1S/C14H27NO7/c1-2-3-4-5-6-7-8-21-14-11(18)9(16)10(17)12(22-14)13(19)15-20/h9-12,14,16-18,20H,2-8H2,1H3,(H,15,19)/t9-,10-,11+,12-,14-/m0/s1. The molecular formula is C14H27NO7. The molecule has 1 heterocycles. The van der Waals surface area contributed by atoms with E-state index in [2.05, 4.69) is 6.92 Å². The summed E-state index contributed by atoms with van der Waals surface area (Å²) in [7, 11) is 0. The summed E-state index contributed by atoms with van der Waals surface area (Å²) in [5.41, 5.74) is 1.34. The number of carbonyl (C=O) groups is 1. The minimum absolute atomic E-state index is 0.310. The first kappa shape index (κ1) is 19.3. The Bertz CT molecular complexity index is 328. The first-order valence-electron chi connectivity index (χ1n) is 7.78. The number of aliphatic hydroxyl groups excluding tert-OH is 3. The molecular weight excluding hydrogens is 294 g/mol. The van der Waals surface area contributed by atoms with Gasteiger partial charge in [0, 0.05) is 6.61 Å². The molecule has 1 saturated heterocycles. The van der Waals surface area contributed by atoms with E-state index < -0.39 is 36.6 Å². The van der Waals surface area contributed by atoms with Gasteiger partial charge in [-0.25, -0.2) is 5.48 Å². The van der Waals surface area contributed by atoms with E-state index >= 15 is 0 Å². The molecule has 0 aromatic rings. The summed E-state index contributed by atoms with van der Waals surface area (Å²) >= 11 is 0. The van der Waals surface area contributed by atoms with Crippen LogP contribution >= 0.6 is 0 Å². The fraction of sp³-hybridized carbons (Fsp3) is 0.929. The summed E-state index contributed by atoms with van der Waals surface area (Å²) < 4.78 is 10.5. The third-order valence-corrected chi connectivity index (χ3v) is 3.72. The van der Waals surface area contributed by atoms with Gasteiger partial charge >= 0.3 is 0 Å². The second-order valence-corrected chi connectivity index (χ2v) is 5.51. The van der Waals surface area contributed by atoms with E-state index in [0.29, 0.717) is 6.61 Å². The SMILES string of the molecule is CCCCCCCCO[C@H]1O[C@H](C(=O)NO)[C@@H](O)[C@H](O)[C@H]1O. The van der Waals surface area contributed by atoms with Gasteiger partial charge in [-0.15, -0.1) is 0 Å². The number of aliphatic hydroxyl groups is 3. The van der Waals surface area contributed by atoms with Crippen molar-refractivity contribution < 1.29 is 34.8 Å². The quantitative estimate of drug-likeness (QED) is 0.223.